The first-order valence-electron chi connectivity index (χ1n) is 9.10. The minimum Gasteiger partial charge on any atom is -0.484 e. The Morgan fingerprint density at radius 3 is 2.44 bits per heavy atom. The van der Waals surface area contributed by atoms with E-state index in [0.29, 0.717) is 37.8 Å². The Bertz CT molecular complexity index is 801. The lowest BCUT2D eigenvalue weighted by atomic mass is 10.2. The molecule has 27 heavy (non-hydrogen) atoms. The molecule has 7 heteroatoms. The second-order valence-electron chi connectivity index (χ2n) is 6.91. The Balaban J connectivity index is 1.22. The lowest BCUT2D eigenvalue weighted by molar-refractivity contribution is -0.141. The van der Waals surface area contributed by atoms with Crippen molar-refractivity contribution in [3.05, 3.63) is 52.5 Å². The van der Waals surface area contributed by atoms with Crippen LogP contribution in [0.2, 0.25) is 0 Å². The van der Waals surface area contributed by atoms with Crippen LogP contribution in [0.4, 0.5) is 4.39 Å². The molecule has 1 aromatic carbocycles. The van der Waals surface area contributed by atoms with E-state index in [4.69, 9.17) is 4.74 Å². The van der Waals surface area contributed by atoms with Gasteiger partial charge in [0.15, 0.2) is 6.61 Å². The van der Waals surface area contributed by atoms with Crippen LogP contribution in [0.1, 0.15) is 17.2 Å². The highest BCUT2D eigenvalue weighted by molar-refractivity contribution is 7.10. The van der Waals surface area contributed by atoms with Crippen molar-refractivity contribution in [2.24, 2.45) is 5.92 Å². The first-order valence-corrected chi connectivity index (χ1v) is 9.98. The number of ether oxygens (including phenoxy) is 1. The normalized spacial score (nSPS) is 21.8. The van der Waals surface area contributed by atoms with E-state index in [1.807, 2.05) is 16.3 Å². The third-order valence-corrected chi connectivity index (χ3v) is 6.14. The molecule has 1 saturated heterocycles. The number of amides is 2. The molecular formula is C20H21FN2O3S. The van der Waals surface area contributed by atoms with E-state index in [0.717, 1.165) is 6.42 Å². The Morgan fingerprint density at radius 1 is 1.07 bits per heavy atom. The molecule has 5 nitrogen and oxygen atoms in total. The molecule has 2 amide bonds. The number of carbonyl (C=O) groups is 2. The van der Waals surface area contributed by atoms with Crippen molar-refractivity contribution in [2.75, 3.05) is 32.8 Å². The molecule has 4 rings (SSSR count). The van der Waals surface area contributed by atoms with Crippen molar-refractivity contribution in [3.63, 3.8) is 0 Å². The average molecular weight is 388 g/mol. The molecule has 2 aromatic rings. The third kappa shape index (κ3) is 4.13. The molecule has 2 atom stereocenters. The summed E-state index contributed by atoms with van der Waals surface area (Å²) in [6, 6.07) is 9.72. The van der Waals surface area contributed by atoms with Gasteiger partial charge >= 0.3 is 0 Å². The lowest BCUT2D eigenvalue weighted by Crippen LogP contribution is -2.52. The smallest absolute Gasteiger partial charge is 0.260 e. The predicted octanol–water partition coefficient (Wildman–Crippen LogP) is 2.74. The Kier molecular flexibility index (Phi) is 5.11. The van der Waals surface area contributed by atoms with E-state index in [-0.39, 0.29) is 30.2 Å². The van der Waals surface area contributed by atoms with E-state index >= 15 is 0 Å². The Morgan fingerprint density at radius 2 is 1.78 bits per heavy atom. The molecule has 0 radical (unpaired) electrons. The molecular weight excluding hydrogens is 367 g/mol. The van der Waals surface area contributed by atoms with Crippen molar-refractivity contribution in [1.82, 2.24) is 9.80 Å². The van der Waals surface area contributed by atoms with Gasteiger partial charge in [0.1, 0.15) is 11.6 Å². The monoisotopic (exact) mass is 388 g/mol. The van der Waals surface area contributed by atoms with Crippen molar-refractivity contribution >= 4 is 23.2 Å². The van der Waals surface area contributed by atoms with Gasteiger partial charge in [-0.15, -0.1) is 11.3 Å². The molecule has 0 N–H and O–H groups in total. The van der Waals surface area contributed by atoms with Crippen LogP contribution in [-0.4, -0.2) is 54.4 Å². The van der Waals surface area contributed by atoms with Crippen LogP contribution in [0.3, 0.4) is 0 Å². The average Bonchev–Trinajstić information content (AvgIpc) is 3.31. The van der Waals surface area contributed by atoms with Crippen molar-refractivity contribution in [2.45, 2.75) is 12.3 Å². The van der Waals surface area contributed by atoms with Crippen LogP contribution >= 0.6 is 11.3 Å². The lowest BCUT2D eigenvalue weighted by Gasteiger charge is -2.35. The maximum atomic E-state index is 12.9. The highest BCUT2D eigenvalue weighted by Gasteiger charge is 2.46. The van der Waals surface area contributed by atoms with Gasteiger partial charge in [-0.3, -0.25) is 9.59 Å². The fraction of sp³-hybridized carbons (Fsp3) is 0.400. The van der Waals surface area contributed by atoms with Crippen molar-refractivity contribution in [3.8, 4) is 5.75 Å². The zero-order valence-corrected chi connectivity index (χ0v) is 15.7. The Labute approximate surface area is 161 Å². The number of nitrogens with zero attached hydrogens (tertiary/aromatic N) is 2. The maximum Gasteiger partial charge on any atom is 0.260 e. The van der Waals surface area contributed by atoms with Crippen LogP contribution in [-0.2, 0) is 9.59 Å². The summed E-state index contributed by atoms with van der Waals surface area (Å²) in [6.45, 7) is 2.09. The quantitative estimate of drug-likeness (QED) is 0.791. The molecule has 1 aliphatic heterocycles. The van der Waals surface area contributed by atoms with Gasteiger partial charge < -0.3 is 14.5 Å². The largest absolute Gasteiger partial charge is 0.484 e. The summed E-state index contributed by atoms with van der Waals surface area (Å²) in [5.41, 5.74) is 0. The first kappa shape index (κ1) is 18.0. The molecule has 0 bridgehead atoms. The number of rotatable bonds is 5. The summed E-state index contributed by atoms with van der Waals surface area (Å²) < 4.78 is 18.3. The molecule has 1 aromatic heterocycles. The summed E-state index contributed by atoms with van der Waals surface area (Å²) in [5, 5.41) is 2.05. The SMILES string of the molecule is O=C(COc1ccc(F)cc1)N1CCN(C(=O)C2CC2c2cccs2)CC1. The van der Waals surface area contributed by atoms with Gasteiger partial charge in [0, 0.05) is 42.9 Å². The summed E-state index contributed by atoms with van der Waals surface area (Å²) >= 11 is 1.71. The highest BCUT2D eigenvalue weighted by Crippen LogP contribution is 2.50. The van der Waals surface area contributed by atoms with Gasteiger partial charge in [-0.25, -0.2) is 4.39 Å². The molecule has 142 valence electrons. The van der Waals surface area contributed by atoms with Crippen LogP contribution in [0.15, 0.2) is 41.8 Å². The summed E-state index contributed by atoms with van der Waals surface area (Å²) in [5.74, 6) is 0.699. The molecule has 2 unspecified atom stereocenters. The summed E-state index contributed by atoms with van der Waals surface area (Å²) in [6.07, 6.45) is 0.935. The van der Waals surface area contributed by atoms with Gasteiger partial charge in [0.2, 0.25) is 5.91 Å². The second kappa shape index (κ2) is 7.68. The van der Waals surface area contributed by atoms with E-state index in [1.165, 1.54) is 29.1 Å². The van der Waals surface area contributed by atoms with Crippen LogP contribution < -0.4 is 4.74 Å². The molecule has 2 aliphatic rings. The number of piperazine rings is 1. The van der Waals surface area contributed by atoms with Crippen molar-refractivity contribution < 1.29 is 18.7 Å². The molecule has 1 saturated carbocycles. The molecule has 2 heterocycles. The number of halogens is 1. The van der Waals surface area contributed by atoms with Gasteiger partial charge in [-0.1, -0.05) is 6.07 Å². The van der Waals surface area contributed by atoms with Gasteiger partial charge in [0.25, 0.3) is 5.91 Å². The first-order chi connectivity index (χ1) is 13.1. The molecule has 1 aliphatic carbocycles. The van der Waals surface area contributed by atoms with Crippen LogP contribution in [0, 0.1) is 11.7 Å². The number of benzene rings is 1. The summed E-state index contributed by atoms with van der Waals surface area (Å²) in [4.78, 5) is 29.8. The standard InChI is InChI=1S/C20H21FN2O3S/c21-14-3-5-15(6-4-14)26-13-19(24)22-7-9-23(10-8-22)20(25)17-12-16(17)18-2-1-11-27-18/h1-6,11,16-17H,7-10,12-13H2. The minimum atomic E-state index is -0.341. The van der Waals surface area contributed by atoms with E-state index in [1.54, 1.807) is 16.2 Å². The van der Waals surface area contributed by atoms with Gasteiger partial charge in [-0.05, 0) is 42.1 Å². The number of hydrogen-bond acceptors (Lipinski definition) is 4. The van der Waals surface area contributed by atoms with E-state index in [9.17, 15) is 14.0 Å². The number of hydrogen-bond donors (Lipinski definition) is 0. The number of thiophene rings is 1. The maximum absolute atomic E-state index is 12.9. The molecule has 0 spiro atoms. The Hall–Kier alpha value is -2.41. The highest BCUT2D eigenvalue weighted by atomic mass is 32.1. The van der Waals surface area contributed by atoms with E-state index < -0.39 is 0 Å². The predicted molar refractivity (Wildman–Crippen MR) is 100 cm³/mol. The zero-order valence-electron chi connectivity index (χ0n) is 14.8. The fourth-order valence-corrected chi connectivity index (χ4v) is 4.37. The van der Waals surface area contributed by atoms with Gasteiger partial charge in [-0.2, -0.15) is 0 Å². The van der Waals surface area contributed by atoms with Gasteiger partial charge in [0.05, 0.1) is 0 Å². The zero-order chi connectivity index (χ0) is 18.8. The van der Waals surface area contributed by atoms with Crippen LogP contribution in [0.5, 0.6) is 5.75 Å². The topological polar surface area (TPSA) is 49.9 Å². The van der Waals surface area contributed by atoms with Crippen molar-refractivity contribution in [1.29, 1.82) is 0 Å². The second-order valence-corrected chi connectivity index (χ2v) is 7.89. The third-order valence-electron chi connectivity index (χ3n) is 5.14. The van der Waals surface area contributed by atoms with E-state index in [2.05, 4.69) is 6.07 Å². The minimum absolute atomic E-state index is 0.0807. The molecule has 2 fully saturated rings. The number of carbonyl (C=O) groups excluding carboxylic acids is 2. The van der Waals surface area contributed by atoms with Crippen LogP contribution in [0.25, 0.3) is 0 Å². The summed E-state index contributed by atoms with van der Waals surface area (Å²) in [7, 11) is 0. The fourth-order valence-electron chi connectivity index (χ4n) is 3.46.